The summed E-state index contributed by atoms with van der Waals surface area (Å²) >= 11 is 0. The van der Waals surface area contributed by atoms with Crippen LogP contribution in [-0.2, 0) is 23.8 Å². The highest BCUT2D eigenvalue weighted by Gasteiger charge is 2.58. The SMILES string of the molecule is CCN1C2CCC1CN(c1cc3oc4c(nc-3c(=O)c1)C1C3=C(O)[C@@]5(C)O/C=C/[C@H](OC)[C@@H](C)[C@@H](O)[C@H](C)[C@H](O)[C@H](C)[C@@H](O)[C@@H](C)/C=C/C=C(/C)C(=O)NC4=C(O)C1C(=O)C(C)=C3O5)C2. The number of aromatic nitrogens is 1. The summed E-state index contributed by atoms with van der Waals surface area (Å²) in [6, 6.07) is 3.96. The van der Waals surface area contributed by atoms with E-state index in [0.29, 0.717) is 17.8 Å². The van der Waals surface area contributed by atoms with E-state index >= 15 is 0 Å². The van der Waals surface area contributed by atoms with Crippen molar-refractivity contribution in [3.63, 3.8) is 0 Å². The Hall–Kier alpha value is -5.26. The number of Topliss-reactive ketones (excluding diaryl/α,β-unsaturated/α-hetero) is 1. The molecule has 0 spiro atoms. The van der Waals surface area contributed by atoms with Gasteiger partial charge >= 0.3 is 5.79 Å². The van der Waals surface area contributed by atoms with Crippen LogP contribution in [0.3, 0.4) is 0 Å². The van der Waals surface area contributed by atoms with Crippen molar-refractivity contribution in [3.8, 4) is 11.5 Å². The molecule has 2 fully saturated rings. The van der Waals surface area contributed by atoms with E-state index < -0.39 is 94.3 Å². The van der Waals surface area contributed by atoms with Gasteiger partial charge in [0.15, 0.2) is 28.8 Å². The molecular weight excluding hydrogens is 837 g/mol. The van der Waals surface area contributed by atoms with Crippen LogP contribution in [0.25, 0.3) is 17.2 Å². The van der Waals surface area contributed by atoms with Gasteiger partial charge in [-0.2, -0.15) is 0 Å². The number of fused-ring (bicyclic) bond motifs is 4. The van der Waals surface area contributed by atoms with Crippen LogP contribution in [-0.4, -0.2) is 116 Å². The van der Waals surface area contributed by atoms with Crippen LogP contribution in [0, 0.1) is 29.6 Å². The number of carbonyl (C=O) groups is 2. The number of hydrogen-bond acceptors (Lipinski definition) is 15. The van der Waals surface area contributed by atoms with Gasteiger partial charge in [0.2, 0.25) is 5.43 Å². The Kier molecular flexibility index (Phi) is 12.5. The number of aliphatic hydroxyl groups is 5. The highest BCUT2D eigenvalue weighted by Crippen LogP contribution is 2.56. The highest BCUT2D eigenvalue weighted by atomic mass is 16.7. The minimum Gasteiger partial charge on any atom is -0.509 e. The minimum atomic E-state index is -1.92. The first kappa shape index (κ1) is 46.3. The monoisotopic (exact) mass is 898 g/mol. The van der Waals surface area contributed by atoms with Crippen LogP contribution < -0.4 is 15.6 Å². The summed E-state index contributed by atoms with van der Waals surface area (Å²) < 4.78 is 24.7. The predicted octanol–water partition coefficient (Wildman–Crippen LogP) is 4.97. The summed E-state index contributed by atoms with van der Waals surface area (Å²) in [4.78, 5) is 52.2. The molecule has 16 heteroatoms. The number of ketones is 1. The lowest BCUT2D eigenvalue weighted by molar-refractivity contribution is -0.146. The predicted molar refractivity (Wildman–Crippen MR) is 240 cm³/mol. The molecule has 350 valence electrons. The van der Waals surface area contributed by atoms with E-state index in [9.17, 15) is 39.9 Å². The number of anilines is 1. The maximum absolute atomic E-state index is 14.5. The molecule has 8 rings (SSSR count). The average molecular weight is 899 g/mol. The summed E-state index contributed by atoms with van der Waals surface area (Å²) in [6.45, 7) is 16.0. The van der Waals surface area contributed by atoms with Gasteiger partial charge in [0, 0.05) is 91.8 Å². The number of benzene rings is 1. The molecule has 5 heterocycles. The molecule has 0 aromatic rings. The number of amides is 1. The third kappa shape index (κ3) is 7.80. The topological polar surface area (TPSA) is 225 Å². The number of carbonyl (C=O) groups excluding carboxylic acids is 2. The van der Waals surface area contributed by atoms with Crippen molar-refractivity contribution in [1.82, 2.24) is 15.2 Å². The Bertz CT molecular complexity index is 2450. The van der Waals surface area contributed by atoms with Crippen molar-refractivity contribution in [1.29, 1.82) is 0 Å². The maximum atomic E-state index is 14.5. The number of rotatable bonds is 3. The Morgan fingerprint density at radius 3 is 2.25 bits per heavy atom. The summed E-state index contributed by atoms with van der Waals surface area (Å²) in [7, 11) is 1.45. The zero-order chi connectivity index (χ0) is 47.0. The molecule has 6 bridgehead atoms. The number of hydrogen-bond donors (Lipinski definition) is 6. The fourth-order valence-corrected chi connectivity index (χ4v) is 10.8. The molecular formula is C49H62N4O12. The number of methoxy groups -OCH3 is 1. The van der Waals surface area contributed by atoms with Gasteiger partial charge in [-0.05, 0) is 39.3 Å². The van der Waals surface area contributed by atoms with Gasteiger partial charge in [0.1, 0.15) is 17.2 Å². The molecule has 8 aliphatic rings. The lowest BCUT2D eigenvalue weighted by Gasteiger charge is -2.41. The summed E-state index contributed by atoms with van der Waals surface area (Å²) in [5.74, 6) is -9.32. The Labute approximate surface area is 378 Å². The van der Waals surface area contributed by atoms with Crippen molar-refractivity contribution in [2.24, 2.45) is 29.6 Å². The van der Waals surface area contributed by atoms with Crippen molar-refractivity contribution in [2.45, 2.75) is 116 Å². The number of piperazine rings is 1. The van der Waals surface area contributed by atoms with Crippen molar-refractivity contribution in [2.75, 3.05) is 31.6 Å². The number of nitrogens with one attached hydrogen (secondary N) is 1. The average Bonchev–Trinajstić information content (AvgIpc) is 3.70. The van der Waals surface area contributed by atoms with Crippen molar-refractivity contribution < 1.29 is 53.7 Å². The Morgan fingerprint density at radius 1 is 0.923 bits per heavy atom. The lowest BCUT2D eigenvalue weighted by Crippen LogP contribution is -2.53. The first-order valence-corrected chi connectivity index (χ1v) is 22.7. The molecule has 0 radical (unpaired) electrons. The van der Waals surface area contributed by atoms with Crippen LogP contribution in [0.2, 0.25) is 0 Å². The van der Waals surface area contributed by atoms with E-state index in [0.717, 1.165) is 32.5 Å². The molecule has 65 heavy (non-hydrogen) atoms. The second-order valence-corrected chi connectivity index (χ2v) is 18.9. The quantitative estimate of drug-likeness (QED) is 0.239. The van der Waals surface area contributed by atoms with Crippen LogP contribution >= 0.6 is 0 Å². The minimum absolute atomic E-state index is 0.00447. The third-order valence-corrected chi connectivity index (χ3v) is 14.9. The number of ether oxygens (including phenoxy) is 3. The molecule has 16 nitrogen and oxygen atoms in total. The zero-order valence-corrected chi connectivity index (χ0v) is 38.4. The fourth-order valence-electron chi connectivity index (χ4n) is 10.8. The van der Waals surface area contributed by atoms with Gasteiger partial charge in [0.05, 0.1) is 53.8 Å². The van der Waals surface area contributed by atoms with Gasteiger partial charge in [-0.3, -0.25) is 19.3 Å². The van der Waals surface area contributed by atoms with Crippen LogP contribution in [0.1, 0.15) is 85.6 Å². The first-order valence-electron chi connectivity index (χ1n) is 22.7. The second kappa shape index (κ2) is 17.5. The second-order valence-electron chi connectivity index (χ2n) is 18.9. The van der Waals surface area contributed by atoms with E-state index in [4.69, 9.17) is 23.6 Å². The summed E-state index contributed by atoms with van der Waals surface area (Å²) in [6.07, 6.45) is 5.74. The van der Waals surface area contributed by atoms with Gasteiger partial charge < -0.3 is 54.4 Å². The molecule has 6 N–H and O–H groups in total. The normalized spacial score (nSPS) is 37.7. The van der Waals surface area contributed by atoms with Crippen LogP contribution in [0.4, 0.5) is 5.69 Å². The Balaban J connectivity index is 1.28. The molecule has 1 amide bonds. The molecule has 0 aromatic heterocycles. The third-order valence-electron chi connectivity index (χ3n) is 14.9. The fraction of sp³-hybridized carbons (Fsp3) is 0.551. The van der Waals surface area contributed by atoms with E-state index in [1.165, 1.54) is 45.4 Å². The molecule has 3 aliphatic carbocycles. The Morgan fingerprint density at radius 2 is 1.58 bits per heavy atom. The lowest BCUT2D eigenvalue weighted by atomic mass is 9.69. The number of allylic oxidation sites excluding steroid dienone is 5. The molecule has 0 saturated carbocycles. The number of aliphatic hydroxyl groups excluding tert-OH is 5. The molecule has 5 aliphatic heterocycles. The van der Waals surface area contributed by atoms with E-state index in [1.54, 1.807) is 52.8 Å². The number of likely N-dealkylation sites (N-methyl/N-ethyl adjacent to an activating group) is 1. The summed E-state index contributed by atoms with van der Waals surface area (Å²) in [5.41, 5.74) is 0.276. The zero-order valence-electron chi connectivity index (χ0n) is 38.4. The van der Waals surface area contributed by atoms with E-state index in [1.807, 2.05) is 0 Å². The maximum Gasteiger partial charge on any atom is 0.306 e. The highest BCUT2D eigenvalue weighted by molar-refractivity contribution is 6.05. The van der Waals surface area contributed by atoms with Gasteiger partial charge in [-0.1, -0.05) is 52.8 Å². The van der Waals surface area contributed by atoms with Crippen LogP contribution in [0.5, 0.6) is 0 Å². The molecule has 0 aromatic carbocycles. The van der Waals surface area contributed by atoms with Crippen molar-refractivity contribution in [3.05, 3.63) is 98.4 Å². The van der Waals surface area contributed by atoms with Crippen molar-refractivity contribution >= 4 is 23.1 Å². The van der Waals surface area contributed by atoms with Gasteiger partial charge in [-0.15, -0.1) is 0 Å². The molecule has 4 unspecified atom stereocenters. The first-order chi connectivity index (χ1) is 30.8. The standard InChI is InChI=1S/C49H62N4O12/c1-10-53-28-14-15-29(53)21-52(20-28)30-18-31(54)37-33(19-30)64-46-38(50-37)34-35-43(58)27(7)45-36(34)47(60)49(8,65-45)63-17-16-32(62-9)24(4)41(56)26(6)42(57)25(5)40(55)22(2)12-11-13-23(3)48(61)51-39(46)44(35)59/h11-13,16-19,22,24-26,28-29,32,34-35,40-42,55-57,59-60H,10,14-15,20-21H2,1-9H3,(H,51,61)/b12-11+,17-16+,23-13-/t22-,24+,25+,26-,28?,29?,32-,34?,35?,40-,41+,42+,49-/m0/s1. The van der Waals surface area contributed by atoms with E-state index in [2.05, 4.69) is 22.0 Å². The van der Waals surface area contributed by atoms with E-state index in [-0.39, 0.29) is 51.1 Å². The van der Waals surface area contributed by atoms with Gasteiger partial charge in [-0.25, -0.2) is 4.98 Å². The molecule has 13 atom stereocenters. The summed E-state index contributed by atoms with van der Waals surface area (Å²) in [5, 5.41) is 61.3. The smallest absolute Gasteiger partial charge is 0.306 e. The largest absolute Gasteiger partial charge is 0.509 e. The molecule has 2 saturated heterocycles. The number of nitrogens with zero attached hydrogens (tertiary/aromatic N) is 3. The van der Waals surface area contributed by atoms with Crippen LogP contribution in [0.15, 0.2) is 85.9 Å². The van der Waals surface area contributed by atoms with Gasteiger partial charge in [0.25, 0.3) is 5.91 Å².